The van der Waals surface area contributed by atoms with Crippen LogP contribution in [0.4, 0.5) is 13.2 Å². The highest BCUT2D eigenvalue weighted by Crippen LogP contribution is 2.34. The predicted octanol–water partition coefficient (Wildman–Crippen LogP) is 2.89. The molecule has 0 atom stereocenters. The molecule has 1 aliphatic heterocycles. The van der Waals surface area contributed by atoms with Crippen LogP contribution in [-0.2, 0) is 18.3 Å². The molecular formula is C23H24F3N3O2. The van der Waals surface area contributed by atoms with Gasteiger partial charge < -0.3 is 10.1 Å². The highest BCUT2D eigenvalue weighted by molar-refractivity contribution is 5.39. The molecule has 1 aromatic carbocycles. The van der Waals surface area contributed by atoms with Gasteiger partial charge in [0.15, 0.2) is 0 Å². The molecule has 0 bridgehead atoms. The number of piperazine rings is 1. The summed E-state index contributed by atoms with van der Waals surface area (Å²) in [4.78, 5) is 18.4. The van der Waals surface area contributed by atoms with Crippen LogP contribution in [0.25, 0.3) is 0 Å². The minimum absolute atomic E-state index is 0.0127. The third kappa shape index (κ3) is 4.98. The first-order valence-corrected chi connectivity index (χ1v) is 10.2. The van der Waals surface area contributed by atoms with Crippen molar-refractivity contribution in [3.05, 3.63) is 93.9 Å². The number of halogens is 3. The van der Waals surface area contributed by atoms with E-state index < -0.39 is 17.3 Å². The van der Waals surface area contributed by atoms with Crippen molar-refractivity contribution < 1.29 is 18.3 Å². The number of H-pyrrole nitrogens is 1. The Labute approximate surface area is 178 Å². The van der Waals surface area contributed by atoms with E-state index in [9.17, 15) is 23.1 Å². The second-order valence-corrected chi connectivity index (χ2v) is 7.99. The number of aromatic nitrogens is 1. The molecule has 2 aliphatic rings. The fourth-order valence-electron chi connectivity index (χ4n) is 4.01. The number of hydrogen-bond donors (Lipinski definition) is 2. The van der Waals surface area contributed by atoms with Gasteiger partial charge in [-0.25, -0.2) is 0 Å². The van der Waals surface area contributed by atoms with E-state index in [4.69, 9.17) is 0 Å². The monoisotopic (exact) mass is 431 g/mol. The summed E-state index contributed by atoms with van der Waals surface area (Å²) in [6, 6.07) is 8.14. The number of pyridine rings is 1. The third-order valence-corrected chi connectivity index (χ3v) is 5.83. The number of aliphatic hydroxyl groups is 1. The number of nitrogens with one attached hydrogen (secondary N) is 1. The normalized spacial score (nSPS) is 25.1. The number of nitrogens with zero attached hydrogens (tertiary/aromatic N) is 2. The van der Waals surface area contributed by atoms with Crippen molar-refractivity contribution in [1.29, 1.82) is 0 Å². The standard InChI is InChI=1S/C23H24F3N3O2/c24-23(25,26)19-3-1-2-18(14-19)22(31)8-6-20(7-9-22)29-12-10-28(11-13-29)16-17-4-5-21(30)27-15-17/h1-9,14-15,20,31H,10-13,16H2,(H,27,30). The van der Waals surface area contributed by atoms with Gasteiger partial charge in [-0.15, -0.1) is 0 Å². The van der Waals surface area contributed by atoms with Crippen LogP contribution < -0.4 is 5.56 Å². The van der Waals surface area contributed by atoms with Gasteiger partial charge in [0, 0.05) is 51.0 Å². The van der Waals surface area contributed by atoms with Gasteiger partial charge in [0.2, 0.25) is 5.56 Å². The van der Waals surface area contributed by atoms with Gasteiger partial charge in [0.25, 0.3) is 0 Å². The van der Waals surface area contributed by atoms with Crippen molar-refractivity contribution in [1.82, 2.24) is 14.8 Å². The number of aromatic amines is 1. The Morgan fingerprint density at radius 2 is 1.77 bits per heavy atom. The molecule has 5 nitrogen and oxygen atoms in total. The highest BCUT2D eigenvalue weighted by Gasteiger charge is 2.34. The zero-order valence-corrected chi connectivity index (χ0v) is 16.8. The summed E-state index contributed by atoms with van der Waals surface area (Å²) in [5.41, 5.74) is -1.20. The summed E-state index contributed by atoms with van der Waals surface area (Å²) < 4.78 is 39.0. The molecule has 0 unspecified atom stereocenters. The first-order chi connectivity index (χ1) is 14.7. The molecule has 8 heteroatoms. The molecular weight excluding hydrogens is 407 g/mol. The summed E-state index contributed by atoms with van der Waals surface area (Å²) >= 11 is 0. The minimum atomic E-state index is -4.45. The summed E-state index contributed by atoms with van der Waals surface area (Å²) in [6.45, 7) is 4.12. The van der Waals surface area contributed by atoms with E-state index in [2.05, 4.69) is 14.8 Å². The lowest BCUT2D eigenvalue weighted by molar-refractivity contribution is -0.137. The molecule has 0 amide bonds. The average Bonchev–Trinajstić information content (AvgIpc) is 2.76. The van der Waals surface area contributed by atoms with Crippen LogP contribution in [0.5, 0.6) is 0 Å². The van der Waals surface area contributed by atoms with E-state index in [0.29, 0.717) is 0 Å². The van der Waals surface area contributed by atoms with Crippen LogP contribution >= 0.6 is 0 Å². The van der Waals surface area contributed by atoms with Gasteiger partial charge in [-0.2, -0.15) is 13.2 Å². The van der Waals surface area contributed by atoms with Crippen molar-refractivity contribution in [2.75, 3.05) is 26.2 Å². The molecule has 4 rings (SSSR count). The molecule has 164 valence electrons. The van der Waals surface area contributed by atoms with Gasteiger partial charge in [-0.1, -0.05) is 30.4 Å². The molecule has 1 aromatic heterocycles. The molecule has 0 saturated carbocycles. The maximum absolute atomic E-state index is 13.0. The van der Waals surface area contributed by atoms with Gasteiger partial charge in [-0.3, -0.25) is 14.6 Å². The quantitative estimate of drug-likeness (QED) is 0.731. The Bertz CT molecular complexity index is 1000. The van der Waals surface area contributed by atoms with Gasteiger partial charge in [-0.05, 0) is 35.4 Å². The Balaban J connectivity index is 1.36. The van der Waals surface area contributed by atoms with Crippen LogP contribution in [0.3, 0.4) is 0 Å². The molecule has 1 aliphatic carbocycles. The smallest absolute Gasteiger partial charge is 0.377 e. The fraction of sp³-hybridized carbons (Fsp3) is 0.348. The first-order valence-electron chi connectivity index (χ1n) is 10.2. The molecule has 2 aromatic rings. The largest absolute Gasteiger partial charge is 0.416 e. The van der Waals surface area contributed by atoms with E-state index >= 15 is 0 Å². The van der Waals surface area contributed by atoms with Crippen molar-refractivity contribution in [3.8, 4) is 0 Å². The Morgan fingerprint density at radius 3 is 2.39 bits per heavy atom. The third-order valence-electron chi connectivity index (χ3n) is 5.83. The van der Waals surface area contributed by atoms with Crippen molar-refractivity contribution >= 4 is 0 Å². The van der Waals surface area contributed by atoms with Crippen LogP contribution in [0.15, 0.2) is 71.7 Å². The maximum Gasteiger partial charge on any atom is 0.416 e. The number of benzene rings is 1. The van der Waals surface area contributed by atoms with Crippen molar-refractivity contribution in [2.45, 2.75) is 24.4 Å². The zero-order valence-electron chi connectivity index (χ0n) is 16.8. The lowest BCUT2D eigenvalue weighted by Gasteiger charge is -2.39. The molecule has 0 spiro atoms. The van der Waals surface area contributed by atoms with E-state index in [1.54, 1.807) is 18.3 Å². The lowest BCUT2D eigenvalue weighted by atomic mass is 9.87. The molecule has 2 N–H and O–H groups in total. The number of rotatable bonds is 4. The molecule has 1 fully saturated rings. The second kappa shape index (κ2) is 8.45. The van der Waals surface area contributed by atoms with Crippen LogP contribution in [0.2, 0.25) is 0 Å². The summed E-state index contributed by atoms with van der Waals surface area (Å²) in [6.07, 6.45) is 4.11. The second-order valence-electron chi connectivity index (χ2n) is 7.99. The van der Waals surface area contributed by atoms with E-state index in [1.165, 1.54) is 18.2 Å². The van der Waals surface area contributed by atoms with Gasteiger partial charge in [0.05, 0.1) is 5.56 Å². The summed E-state index contributed by atoms with van der Waals surface area (Å²) in [7, 11) is 0. The van der Waals surface area contributed by atoms with Crippen molar-refractivity contribution in [3.63, 3.8) is 0 Å². The summed E-state index contributed by atoms with van der Waals surface area (Å²) in [5.74, 6) is 0. The molecule has 31 heavy (non-hydrogen) atoms. The number of hydrogen-bond acceptors (Lipinski definition) is 4. The Morgan fingerprint density at radius 1 is 1.06 bits per heavy atom. The topological polar surface area (TPSA) is 59.6 Å². The SMILES string of the molecule is O=c1ccc(CN2CCN(C3C=CC(O)(c4cccc(C(F)(F)F)c4)C=C3)CC2)c[nH]1. The van der Waals surface area contributed by atoms with E-state index in [0.717, 1.165) is 50.4 Å². The van der Waals surface area contributed by atoms with Gasteiger partial charge >= 0.3 is 6.18 Å². The molecule has 1 saturated heterocycles. The molecule has 2 heterocycles. The summed E-state index contributed by atoms with van der Waals surface area (Å²) in [5, 5.41) is 10.9. The minimum Gasteiger partial charge on any atom is -0.377 e. The number of alkyl halides is 3. The lowest BCUT2D eigenvalue weighted by Crippen LogP contribution is -2.49. The Hall–Kier alpha value is -2.68. The van der Waals surface area contributed by atoms with Crippen LogP contribution in [0.1, 0.15) is 16.7 Å². The van der Waals surface area contributed by atoms with E-state index in [-0.39, 0.29) is 17.2 Å². The zero-order chi connectivity index (χ0) is 22.1. The predicted molar refractivity (Wildman–Crippen MR) is 111 cm³/mol. The molecule has 0 radical (unpaired) electrons. The average molecular weight is 431 g/mol. The fourth-order valence-corrected chi connectivity index (χ4v) is 4.01. The van der Waals surface area contributed by atoms with E-state index in [1.807, 2.05) is 18.2 Å². The first kappa shape index (κ1) is 21.5. The van der Waals surface area contributed by atoms with Gasteiger partial charge in [0.1, 0.15) is 5.60 Å². The van der Waals surface area contributed by atoms with Crippen LogP contribution in [0, 0.1) is 0 Å². The van der Waals surface area contributed by atoms with Crippen molar-refractivity contribution in [2.24, 2.45) is 0 Å². The van der Waals surface area contributed by atoms with Crippen LogP contribution in [-0.4, -0.2) is 52.1 Å². The highest BCUT2D eigenvalue weighted by atomic mass is 19.4. The maximum atomic E-state index is 13.0. The Kier molecular flexibility index (Phi) is 5.88.